The van der Waals surface area contributed by atoms with Gasteiger partial charge < -0.3 is 20.6 Å². The maximum atomic E-state index is 12.6. The van der Waals surface area contributed by atoms with Gasteiger partial charge in [-0.2, -0.15) is 9.19 Å². The molecule has 1 aliphatic heterocycles. The molecule has 0 amide bonds. The van der Waals surface area contributed by atoms with Crippen molar-refractivity contribution in [2.24, 2.45) is 0 Å². The number of rotatable bonds is 10. The molecule has 248 valence electrons. The van der Waals surface area contributed by atoms with Crippen LogP contribution in [0.3, 0.4) is 0 Å². The summed E-state index contributed by atoms with van der Waals surface area (Å²) in [6, 6.07) is 3.85. The summed E-state index contributed by atoms with van der Waals surface area (Å²) in [4.78, 5) is 27.9. The molecule has 14 nitrogen and oxygen atoms in total. The largest absolute Gasteiger partial charge is 0.390 e. The molecule has 47 heavy (non-hydrogen) atoms. The lowest BCUT2D eigenvalue weighted by Crippen LogP contribution is -2.44. The Balaban J connectivity index is 1.11. The van der Waals surface area contributed by atoms with E-state index < -0.39 is 15.6 Å². The van der Waals surface area contributed by atoms with E-state index in [9.17, 15) is 13.5 Å². The molecule has 2 aliphatic carbocycles. The third-order valence-corrected chi connectivity index (χ3v) is 11.3. The molecule has 4 aromatic rings. The van der Waals surface area contributed by atoms with E-state index in [0.29, 0.717) is 35.9 Å². The number of likely N-dealkylation sites (N-methyl/N-ethyl adjacent to an activating group) is 1. The molecule has 1 saturated heterocycles. The van der Waals surface area contributed by atoms with Crippen LogP contribution in [-0.2, 0) is 16.6 Å². The van der Waals surface area contributed by atoms with E-state index in [1.54, 1.807) is 18.5 Å². The van der Waals surface area contributed by atoms with Crippen molar-refractivity contribution in [1.29, 1.82) is 0 Å². The van der Waals surface area contributed by atoms with Crippen LogP contribution in [0.4, 0.5) is 17.3 Å². The van der Waals surface area contributed by atoms with Crippen molar-refractivity contribution in [3.05, 3.63) is 55.0 Å². The lowest BCUT2D eigenvalue weighted by Gasteiger charge is -2.34. The van der Waals surface area contributed by atoms with Crippen LogP contribution in [0.25, 0.3) is 22.6 Å². The highest BCUT2D eigenvalue weighted by Gasteiger charge is 2.37. The highest BCUT2D eigenvalue weighted by molar-refractivity contribution is 7.90. The average molecular weight is 660 g/mol. The van der Waals surface area contributed by atoms with Crippen LogP contribution in [0.2, 0.25) is 0 Å². The monoisotopic (exact) mass is 659 g/mol. The summed E-state index contributed by atoms with van der Waals surface area (Å²) in [5.74, 6) is 1.42. The van der Waals surface area contributed by atoms with Gasteiger partial charge in [-0.3, -0.25) is 14.9 Å². The van der Waals surface area contributed by atoms with Crippen molar-refractivity contribution >= 4 is 27.3 Å². The van der Waals surface area contributed by atoms with Crippen LogP contribution in [0.15, 0.2) is 49.3 Å². The molecule has 2 saturated carbocycles. The maximum Gasteiger partial charge on any atom is 0.256 e. The zero-order chi connectivity index (χ0) is 32.6. The van der Waals surface area contributed by atoms with Crippen LogP contribution in [0.5, 0.6) is 0 Å². The van der Waals surface area contributed by atoms with Crippen molar-refractivity contribution in [1.82, 2.24) is 43.9 Å². The zero-order valence-corrected chi connectivity index (χ0v) is 27.6. The van der Waals surface area contributed by atoms with Crippen molar-refractivity contribution in [2.45, 2.75) is 68.9 Å². The van der Waals surface area contributed by atoms with Gasteiger partial charge in [0.2, 0.25) is 0 Å². The molecule has 0 radical (unpaired) electrons. The van der Waals surface area contributed by atoms with E-state index >= 15 is 0 Å². The summed E-state index contributed by atoms with van der Waals surface area (Å²) in [7, 11) is -1.33. The molecule has 3 fully saturated rings. The van der Waals surface area contributed by atoms with Gasteiger partial charge in [-0.25, -0.2) is 23.4 Å². The molecule has 15 heteroatoms. The smallest absolute Gasteiger partial charge is 0.256 e. The molecule has 0 unspecified atom stereocenters. The molecule has 4 aromatic heterocycles. The Bertz CT molecular complexity index is 1810. The molecule has 0 bridgehead atoms. The van der Waals surface area contributed by atoms with Gasteiger partial charge in [0, 0.05) is 68.5 Å². The first-order valence-electron chi connectivity index (χ1n) is 16.2. The van der Waals surface area contributed by atoms with Crippen LogP contribution in [-0.4, -0.2) is 108 Å². The number of pyridine rings is 1. The van der Waals surface area contributed by atoms with Gasteiger partial charge in [-0.1, -0.05) is 0 Å². The summed E-state index contributed by atoms with van der Waals surface area (Å²) >= 11 is 0. The predicted octanol–water partition coefficient (Wildman–Crippen LogP) is 3.13. The highest BCUT2D eigenvalue weighted by atomic mass is 32.2. The fraction of sp³-hybridized carbons (Fsp3) is 0.500. The van der Waals surface area contributed by atoms with Crippen LogP contribution in [0, 0.1) is 0 Å². The summed E-state index contributed by atoms with van der Waals surface area (Å²) in [5, 5.41) is 21.2. The highest BCUT2D eigenvalue weighted by Crippen LogP contribution is 2.34. The van der Waals surface area contributed by atoms with Crippen molar-refractivity contribution in [2.75, 3.05) is 43.9 Å². The van der Waals surface area contributed by atoms with E-state index in [-0.39, 0.29) is 11.3 Å². The van der Waals surface area contributed by atoms with Crippen molar-refractivity contribution in [3.8, 4) is 22.6 Å². The summed E-state index contributed by atoms with van der Waals surface area (Å²) < 4.78 is 26.2. The number of aliphatic hydroxyl groups is 1. The Morgan fingerprint density at radius 2 is 1.74 bits per heavy atom. The third-order valence-electron chi connectivity index (χ3n) is 9.23. The number of anilines is 3. The molecule has 3 aliphatic rings. The topological polar surface area (TPSA) is 167 Å². The molecule has 7 rings (SSSR count). The normalized spacial score (nSPS) is 22.7. The van der Waals surface area contributed by atoms with Gasteiger partial charge in [0.05, 0.1) is 52.6 Å². The molecule has 0 aromatic carbocycles. The number of nitrogens with one attached hydrogen (secondary N) is 2. The van der Waals surface area contributed by atoms with Gasteiger partial charge in [0.25, 0.3) is 10.0 Å². The number of hydrogen-bond donors (Lipinski definition) is 3. The molecular formula is C32H41N11O3S. The van der Waals surface area contributed by atoms with E-state index in [2.05, 4.69) is 47.5 Å². The van der Waals surface area contributed by atoms with Crippen LogP contribution in [0.1, 0.15) is 51.1 Å². The van der Waals surface area contributed by atoms with Crippen molar-refractivity contribution < 1.29 is 13.5 Å². The zero-order valence-electron chi connectivity index (χ0n) is 26.7. The van der Waals surface area contributed by atoms with Crippen molar-refractivity contribution in [3.63, 3.8) is 0 Å². The first kappa shape index (κ1) is 31.5. The average Bonchev–Trinajstić information content (AvgIpc) is 3.81. The van der Waals surface area contributed by atoms with E-state index in [1.165, 1.54) is 12.4 Å². The Kier molecular flexibility index (Phi) is 8.63. The van der Waals surface area contributed by atoms with Gasteiger partial charge in [0.15, 0.2) is 5.82 Å². The Morgan fingerprint density at radius 1 is 0.957 bits per heavy atom. The van der Waals surface area contributed by atoms with Gasteiger partial charge in [0.1, 0.15) is 11.6 Å². The predicted molar refractivity (Wildman–Crippen MR) is 178 cm³/mol. The minimum Gasteiger partial charge on any atom is -0.390 e. The number of piperazine rings is 1. The van der Waals surface area contributed by atoms with Crippen LogP contribution >= 0.6 is 0 Å². The van der Waals surface area contributed by atoms with Gasteiger partial charge >= 0.3 is 0 Å². The third kappa shape index (κ3) is 7.43. The molecule has 3 N–H and O–H groups in total. The van der Waals surface area contributed by atoms with E-state index in [1.807, 2.05) is 25.4 Å². The van der Waals surface area contributed by atoms with E-state index in [4.69, 9.17) is 9.97 Å². The second-order valence-electron chi connectivity index (χ2n) is 13.2. The Hall–Kier alpha value is -4.05. The second-order valence-corrected chi connectivity index (χ2v) is 15.3. The lowest BCUT2D eigenvalue weighted by atomic mass is 9.83. The molecule has 0 spiro atoms. The number of aromatic nitrogens is 7. The Labute approximate surface area is 274 Å². The summed E-state index contributed by atoms with van der Waals surface area (Å²) in [6.07, 6.45) is 14.4. The SMILES string of the molecule is CN1CCN(Cc2cnc(-c3cnc(Nc4ccnc(-c5cnn(S(=O)(=O)C6CC6)c5)n4)cc3NC3CCC(C)(O)CC3)cn2)CC1. The fourth-order valence-corrected chi connectivity index (χ4v) is 7.51. The summed E-state index contributed by atoms with van der Waals surface area (Å²) in [5.41, 5.74) is 3.21. The second kappa shape index (κ2) is 12.9. The first-order valence-corrected chi connectivity index (χ1v) is 17.7. The Morgan fingerprint density at radius 3 is 2.47 bits per heavy atom. The first-order chi connectivity index (χ1) is 22.6. The summed E-state index contributed by atoms with van der Waals surface area (Å²) in [6.45, 7) is 6.80. The lowest BCUT2D eigenvalue weighted by molar-refractivity contribution is 0.0196. The molecular weight excluding hydrogens is 618 g/mol. The minimum atomic E-state index is -3.48. The fourth-order valence-electron chi connectivity index (χ4n) is 6.04. The van der Waals surface area contributed by atoms with Crippen LogP contribution < -0.4 is 10.6 Å². The van der Waals surface area contributed by atoms with E-state index in [0.717, 1.165) is 85.1 Å². The maximum absolute atomic E-state index is 12.6. The number of nitrogens with zero attached hydrogens (tertiary/aromatic N) is 9. The number of hydrogen-bond acceptors (Lipinski definition) is 13. The molecule has 5 heterocycles. The van der Waals surface area contributed by atoms with Gasteiger partial charge in [-0.15, -0.1) is 0 Å². The minimum absolute atomic E-state index is 0.183. The standard InChI is InChI=1S/C32H41N11O3S/c1-32(44)8-5-23(6-9-32)38-27-15-30(36-18-26(27)28-19-34-24(17-35-28)21-42-13-11-41(2)12-14-42)39-29-7-10-33-31(40-29)22-16-37-43(20-22)47(45,46)25-3-4-25/h7,10,15-20,23,25,44H,3-6,8-9,11-14,21H2,1-2H3,(H2,33,36,38,39,40). The quantitative estimate of drug-likeness (QED) is 0.227. The molecule has 0 atom stereocenters. The van der Waals surface area contributed by atoms with Gasteiger partial charge in [-0.05, 0) is 58.6 Å².